The highest BCUT2D eigenvalue weighted by Gasteiger charge is 2.29. The topological polar surface area (TPSA) is 70.4 Å². The van der Waals surface area contributed by atoms with E-state index in [9.17, 15) is 9.90 Å². The molecule has 4 nitrogen and oxygen atoms in total. The molecule has 0 aliphatic rings. The van der Waals surface area contributed by atoms with Crippen LogP contribution < -0.4 is 0 Å². The number of pyridine rings is 1. The van der Waals surface area contributed by atoms with Crippen LogP contribution in [0.2, 0.25) is 0 Å². The molecule has 2 N–H and O–H groups in total. The van der Waals surface area contributed by atoms with E-state index in [1.54, 1.807) is 24.5 Å². The van der Waals surface area contributed by atoms with Crippen LogP contribution in [0.25, 0.3) is 0 Å². The molecule has 0 saturated carbocycles. The summed E-state index contributed by atoms with van der Waals surface area (Å²) >= 11 is 0. The van der Waals surface area contributed by atoms with E-state index in [2.05, 4.69) is 4.98 Å². The molecule has 0 saturated heterocycles. The quantitative estimate of drug-likeness (QED) is 0.710. The molecule has 0 radical (unpaired) electrons. The minimum atomic E-state index is -1.71. The first-order valence-corrected chi connectivity index (χ1v) is 3.87. The molecule has 0 fully saturated rings. The van der Waals surface area contributed by atoms with Crippen molar-refractivity contribution >= 4 is 5.97 Å². The Bertz CT molecular complexity index is 295. The van der Waals surface area contributed by atoms with Gasteiger partial charge in [0.15, 0.2) is 5.60 Å². The minimum Gasteiger partial charge on any atom is -0.479 e. The fraction of sp³-hybridized carbons (Fsp3) is 0.333. The van der Waals surface area contributed by atoms with E-state index in [0.29, 0.717) is 0 Å². The van der Waals surface area contributed by atoms with Crippen LogP contribution in [0.15, 0.2) is 24.5 Å². The highest BCUT2D eigenvalue weighted by Crippen LogP contribution is 2.12. The Kier molecular flexibility index (Phi) is 2.63. The highest BCUT2D eigenvalue weighted by atomic mass is 16.4. The van der Waals surface area contributed by atoms with Gasteiger partial charge < -0.3 is 10.2 Å². The zero-order chi connectivity index (χ0) is 9.90. The summed E-state index contributed by atoms with van der Waals surface area (Å²) in [6.45, 7) is 1.27. The minimum absolute atomic E-state index is 0.0881. The van der Waals surface area contributed by atoms with E-state index in [0.717, 1.165) is 5.56 Å². The fourth-order valence-electron chi connectivity index (χ4n) is 0.974. The molecule has 0 bridgehead atoms. The lowest BCUT2D eigenvalue weighted by atomic mass is 9.98. The maximum atomic E-state index is 10.6. The van der Waals surface area contributed by atoms with E-state index in [1.165, 1.54) is 6.92 Å². The average molecular weight is 181 g/mol. The smallest absolute Gasteiger partial charge is 0.335 e. The molecule has 13 heavy (non-hydrogen) atoms. The number of nitrogens with zero attached hydrogens (tertiary/aromatic N) is 1. The Hall–Kier alpha value is -1.42. The van der Waals surface area contributed by atoms with Gasteiger partial charge in [-0.3, -0.25) is 4.98 Å². The lowest BCUT2D eigenvalue weighted by Gasteiger charge is -2.17. The predicted octanol–water partition coefficient (Wildman–Crippen LogP) is 0.460. The standard InChI is InChI=1S/C9H11NO3/c1-9(13,8(11)12)6-7-2-4-10-5-3-7/h2-5,13H,6H2,1H3,(H,11,12). The average Bonchev–Trinajstić information content (AvgIpc) is 2.05. The monoisotopic (exact) mass is 181 g/mol. The van der Waals surface area contributed by atoms with Gasteiger partial charge in [0.2, 0.25) is 0 Å². The molecule has 1 aromatic rings. The van der Waals surface area contributed by atoms with Crippen LogP contribution in [0.3, 0.4) is 0 Å². The summed E-state index contributed by atoms with van der Waals surface area (Å²) in [5, 5.41) is 18.1. The lowest BCUT2D eigenvalue weighted by Crippen LogP contribution is -2.37. The molecule has 1 aromatic heterocycles. The van der Waals surface area contributed by atoms with Crippen molar-refractivity contribution < 1.29 is 15.0 Å². The molecule has 0 amide bonds. The van der Waals surface area contributed by atoms with E-state index in [4.69, 9.17) is 5.11 Å². The van der Waals surface area contributed by atoms with Gasteiger partial charge in [0.05, 0.1) is 0 Å². The lowest BCUT2D eigenvalue weighted by molar-refractivity contribution is -0.156. The molecule has 1 atom stereocenters. The zero-order valence-electron chi connectivity index (χ0n) is 7.27. The maximum Gasteiger partial charge on any atom is 0.335 e. The maximum absolute atomic E-state index is 10.6. The second kappa shape index (κ2) is 3.53. The molecule has 0 aromatic carbocycles. The number of carbonyl (C=O) groups is 1. The van der Waals surface area contributed by atoms with Crippen molar-refractivity contribution in [1.82, 2.24) is 4.98 Å². The second-order valence-corrected chi connectivity index (χ2v) is 3.11. The summed E-state index contributed by atoms with van der Waals surface area (Å²) in [5.74, 6) is -1.22. The number of aromatic nitrogens is 1. The summed E-state index contributed by atoms with van der Waals surface area (Å²) in [7, 11) is 0. The number of carboxylic acids is 1. The SMILES string of the molecule is CC(O)(Cc1ccncc1)C(=O)O. The molecule has 1 heterocycles. The Morgan fingerprint density at radius 3 is 2.54 bits per heavy atom. The molecular formula is C9H11NO3. The van der Waals surface area contributed by atoms with E-state index in [1.807, 2.05) is 0 Å². The summed E-state index contributed by atoms with van der Waals surface area (Å²) in [6.07, 6.45) is 3.21. The largest absolute Gasteiger partial charge is 0.479 e. The first-order valence-electron chi connectivity index (χ1n) is 3.87. The van der Waals surface area contributed by atoms with Crippen LogP contribution in [-0.2, 0) is 11.2 Å². The molecule has 0 aliphatic carbocycles. The van der Waals surface area contributed by atoms with Crippen LogP contribution in [-0.4, -0.2) is 26.8 Å². The Balaban J connectivity index is 2.75. The normalized spacial score (nSPS) is 14.9. The molecule has 1 rings (SSSR count). The van der Waals surface area contributed by atoms with Crippen molar-refractivity contribution in [2.24, 2.45) is 0 Å². The van der Waals surface area contributed by atoms with Crippen LogP contribution >= 0.6 is 0 Å². The number of rotatable bonds is 3. The van der Waals surface area contributed by atoms with Crippen LogP contribution in [0.1, 0.15) is 12.5 Å². The Morgan fingerprint density at radius 2 is 2.08 bits per heavy atom. The first-order chi connectivity index (χ1) is 6.02. The molecule has 0 spiro atoms. The van der Waals surface area contributed by atoms with Crippen molar-refractivity contribution in [2.75, 3.05) is 0 Å². The van der Waals surface area contributed by atoms with Gasteiger partial charge in [-0.2, -0.15) is 0 Å². The van der Waals surface area contributed by atoms with E-state index >= 15 is 0 Å². The Morgan fingerprint density at radius 1 is 1.54 bits per heavy atom. The van der Waals surface area contributed by atoms with Gasteiger partial charge in [0, 0.05) is 18.8 Å². The molecule has 1 unspecified atom stereocenters. The second-order valence-electron chi connectivity index (χ2n) is 3.11. The van der Waals surface area contributed by atoms with Gasteiger partial charge in [-0.15, -0.1) is 0 Å². The van der Waals surface area contributed by atoms with E-state index in [-0.39, 0.29) is 6.42 Å². The number of aliphatic carboxylic acids is 1. The molecule has 0 aliphatic heterocycles. The molecule has 70 valence electrons. The van der Waals surface area contributed by atoms with Gasteiger partial charge in [-0.05, 0) is 24.6 Å². The van der Waals surface area contributed by atoms with Gasteiger partial charge in [0.1, 0.15) is 0 Å². The summed E-state index contributed by atoms with van der Waals surface area (Å²) < 4.78 is 0. The van der Waals surface area contributed by atoms with Crippen molar-refractivity contribution in [3.8, 4) is 0 Å². The van der Waals surface area contributed by atoms with Gasteiger partial charge >= 0.3 is 5.97 Å². The Labute approximate surface area is 75.9 Å². The van der Waals surface area contributed by atoms with Crippen LogP contribution in [0.4, 0.5) is 0 Å². The fourth-order valence-corrected chi connectivity index (χ4v) is 0.974. The van der Waals surface area contributed by atoms with Crippen LogP contribution in [0, 0.1) is 0 Å². The third-order valence-corrected chi connectivity index (χ3v) is 1.76. The molecular weight excluding hydrogens is 170 g/mol. The van der Waals surface area contributed by atoms with Crippen molar-refractivity contribution in [2.45, 2.75) is 18.9 Å². The van der Waals surface area contributed by atoms with Crippen molar-refractivity contribution in [3.05, 3.63) is 30.1 Å². The van der Waals surface area contributed by atoms with Crippen LogP contribution in [0.5, 0.6) is 0 Å². The van der Waals surface area contributed by atoms with E-state index < -0.39 is 11.6 Å². The summed E-state index contributed by atoms with van der Waals surface area (Å²) in [5.41, 5.74) is -0.955. The summed E-state index contributed by atoms with van der Waals surface area (Å²) in [6, 6.07) is 3.36. The number of aliphatic hydroxyl groups is 1. The first kappa shape index (κ1) is 9.67. The summed E-state index contributed by atoms with van der Waals surface area (Å²) in [4.78, 5) is 14.4. The van der Waals surface area contributed by atoms with Gasteiger partial charge in [0.25, 0.3) is 0 Å². The highest BCUT2D eigenvalue weighted by molar-refractivity contribution is 5.76. The molecule has 4 heteroatoms. The third kappa shape index (κ3) is 2.52. The van der Waals surface area contributed by atoms with Crippen molar-refractivity contribution in [3.63, 3.8) is 0 Å². The van der Waals surface area contributed by atoms with Gasteiger partial charge in [-0.25, -0.2) is 4.79 Å². The number of hydrogen-bond donors (Lipinski definition) is 2. The van der Waals surface area contributed by atoms with Gasteiger partial charge in [-0.1, -0.05) is 0 Å². The predicted molar refractivity (Wildman–Crippen MR) is 46.2 cm³/mol. The number of carboxylic acid groups (broad SMARTS) is 1. The van der Waals surface area contributed by atoms with Crippen molar-refractivity contribution in [1.29, 1.82) is 0 Å². The zero-order valence-corrected chi connectivity index (χ0v) is 7.27. The third-order valence-electron chi connectivity index (χ3n) is 1.76. The number of hydrogen-bond acceptors (Lipinski definition) is 3.